The van der Waals surface area contributed by atoms with Gasteiger partial charge < -0.3 is 5.73 Å². The van der Waals surface area contributed by atoms with E-state index in [0.717, 1.165) is 25.2 Å². The Labute approximate surface area is 232 Å². The molecule has 0 heterocycles. The zero-order valence-electron chi connectivity index (χ0n) is 27.9. The first-order valence-corrected chi connectivity index (χ1v) is 15.0. The van der Waals surface area contributed by atoms with Crippen LogP contribution in [0.25, 0.3) is 0 Å². The number of hydrogen-bond acceptors (Lipinski definition) is 1. The molecule has 1 saturated carbocycles. The minimum atomic E-state index is 0.435. The quantitative estimate of drug-likeness (QED) is 0.143. The summed E-state index contributed by atoms with van der Waals surface area (Å²) >= 11 is 0. The lowest BCUT2D eigenvalue weighted by molar-refractivity contribution is 0.469. The van der Waals surface area contributed by atoms with Crippen molar-refractivity contribution in [2.75, 3.05) is 0 Å². The van der Waals surface area contributed by atoms with Crippen molar-refractivity contribution in [2.24, 2.45) is 17.1 Å². The van der Waals surface area contributed by atoms with Gasteiger partial charge >= 0.3 is 0 Å². The zero-order valence-corrected chi connectivity index (χ0v) is 27.9. The van der Waals surface area contributed by atoms with Crippen LogP contribution in [-0.4, -0.2) is 6.04 Å². The lowest BCUT2D eigenvalue weighted by Crippen LogP contribution is -2.16. The monoisotopic (exact) mass is 508 g/mol. The van der Waals surface area contributed by atoms with Gasteiger partial charge in [-0.3, -0.25) is 0 Å². The fraction of sp³-hybridized carbons (Fsp3) is 0.743. The highest BCUT2D eigenvalue weighted by atomic mass is 14.6. The molecule has 0 aromatic carbocycles. The molecule has 2 N–H and O–H groups in total. The molecule has 218 valence electrons. The van der Waals surface area contributed by atoms with Crippen molar-refractivity contribution in [3.63, 3.8) is 0 Å². The predicted octanol–water partition coefficient (Wildman–Crippen LogP) is 12.6. The Morgan fingerprint density at radius 3 is 1.53 bits per heavy atom. The van der Waals surface area contributed by atoms with Crippen molar-refractivity contribution < 1.29 is 0 Å². The molecule has 1 heteroatoms. The molecule has 0 radical (unpaired) electrons. The van der Waals surface area contributed by atoms with E-state index >= 15 is 0 Å². The van der Waals surface area contributed by atoms with Crippen molar-refractivity contribution >= 4 is 0 Å². The zero-order chi connectivity index (χ0) is 29.8. The lowest BCUT2D eigenvalue weighted by atomic mass is 10.0. The van der Waals surface area contributed by atoms with E-state index in [9.17, 15) is 0 Å². The van der Waals surface area contributed by atoms with Gasteiger partial charge in [-0.05, 0) is 61.7 Å². The third kappa shape index (κ3) is 105. The van der Waals surface area contributed by atoms with Crippen molar-refractivity contribution in [3.8, 4) is 0 Å². The summed E-state index contributed by atoms with van der Waals surface area (Å²) in [6.45, 7) is 36.8. The maximum absolute atomic E-state index is 5.47. The van der Waals surface area contributed by atoms with Crippen molar-refractivity contribution in [3.05, 3.63) is 54.8 Å². The lowest BCUT2D eigenvalue weighted by Gasteiger charge is -2.05. The molecule has 1 aliphatic rings. The van der Waals surface area contributed by atoms with Gasteiger partial charge in [-0.25, -0.2) is 0 Å². The van der Waals surface area contributed by atoms with Crippen LogP contribution in [0.1, 0.15) is 155 Å². The largest absolute Gasteiger partial charge is 0.328 e. The van der Waals surface area contributed by atoms with Crippen LogP contribution in [0.4, 0.5) is 0 Å². The van der Waals surface area contributed by atoms with E-state index < -0.39 is 0 Å². The Hall–Kier alpha value is -1.30. The summed E-state index contributed by atoms with van der Waals surface area (Å²) < 4.78 is 0. The molecule has 1 rings (SSSR count). The van der Waals surface area contributed by atoms with E-state index in [1.165, 1.54) is 44.1 Å². The second kappa shape index (κ2) is 43.7. The topological polar surface area (TPSA) is 26.0 Å². The summed E-state index contributed by atoms with van der Waals surface area (Å²) in [6.07, 6.45) is 21.0. The van der Waals surface area contributed by atoms with E-state index in [2.05, 4.69) is 94.2 Å². The van der Waals surface area contributed by atoms with E-state index in [1.807, 2.05) is 45.9 Å². The summed E-state index contributed by atoms with van der Waals surface area (Å²) in [5, 5.41) is 0. The number of unbranched alkanes of at least 4 members (excludes halogenated alkanes) is 3. The fourth-order valence-corrected chi connectivity index (χ4v) is 1.50. The van der Waals surface area contributed by atoms with Crippen LogP contribution < -0.4 is 5.73 Å². The molecule has 0 aromatic rings. The molecule has 0 bridgehead atoms. The molecule has 0 aliphatic heterocycles. The molecule has 0 aromatic heterocycles. The molecule has 1 nitrogen and oxygen atoms in total. The van der Waals surface area contributed by atoms with Gasteiger partial charge in [0.05, 0.1) is 0 Å². The minimum absolute atomic E-state index is 0.435. The summed E-state index contributed by atoms with van der Waals surface area (Å²) in [7, 11) is 0. The average molecular weight is 508 g/mol. The third-order valence-electron chi connectivity index (χ3n) is 3.96. The first kappa shape index (κ1) is 47.8. The highest BCUT2D eigenvalue weighted by Gasteiger charge is 2.12. The van der Waals surface area contributed by atoms with E-state index in [0.29, 0.717) is 11.5 Å². The minimum Gasteiger partial charge on any atom is -0.328 e. The van der Waals surface area contributed by atoms with Crippen molar-refractivity contribution in [1.29, 1.82) is 0 Å². The Morgan fingerprint density at radius 1 is 0.917 bits per heavy atom. The van der Waals surface area contributed by atoms with Gasteiger partial charge in [0.25, 0.3) is 0 Å². The molecule has 0 spiro atoms. The van der Waals surface area contributed by atoms with Crippen LogP contribution in [0.2, 0.25) is 0 Å². The smallest absolute Gasteiger partial charge is 0.00335 e. The van der Waals surface area contributed by atoms with Gasteiger partial charge in [0, 0.05) is 6.04 Å². The summed E-state index contributed by atoms with van der Waals surface area (Å²) in [5.74, 6) is 1.08. The SMILES string of the molecule is C=CC=C=C/C(C)=C\CCCC.C=CCCC.CC.CC.CC(C)(C)C.CC1CC1.CCC(N)CC. The van der Waals surface area contributed by atoms with E-state index in [4.69, 9.17) is 5.73 Å². The molecular formula is C35H73N. The molecule has 1 aliphatic carbocycles. The number of rotatable bonds is 9. The van der Waals surface area contributed by atoms with Crippen LogP contribution in [0.5, 0.6) is 0 Å². The third-order valence-corrected chi connectivity index (χ3v) is 3.96. The molecular weight excluding hydrogens is 434 g/mol. The fourth-order valence-electron chi connectivity index (χ4n) is 1.50. The Morgan fingerprint density at radius 2 is 1.33 bits per heavy atom. The number of nitrogens with two attached hydrogens (primary N) is 1. The van der Waals surface area contributed by atoms with Gasteiger partial charge in [0.15, 0.2) is 0 Å². The maximum atomic E-state index is 5.47. The van der Waals surface area contributed by atoms with Crippen LogP contribution in [-0.2, 0) is 0 Å². The second-order valence-corrected chi connectivity index (χ2v) is 10.1. The van der Waals surface area contributed by atoms with Crippen molar-refractivity contribution in [2.45, 2.75) is 161 Å². The van der Waals surface area contributed by atoms with Crippen LogP contribution in [0, 0.1) is 11.3 Å². The highest BCUT2D eigenvalue weighted by molar-refractivity contribution is 5.16. The molecule has 0 unspecified atom stereocenters. The molecule has 0 amide bonds. The Bertz CT molecular complexity index is 455. The molecule has 0 atom stereocenters. The normalized spacial score (nSPS) is 11.1. The molecule has 0 saturated heterocycles. The summed E-state index contributed by atoms with van der Waals surface area (Å²) in [4.78, 5) is 0. The highest BCUT2D eigenvalue weighted by Crippen LogP contribution is 2.26. The second-order valence-electron chi connectivity index (χ2n) is 10.1. The Balaban J connectivity index is -0.0000000800. The summed E-state index contributed by atoms with van der Waals surface area (Å²) in [6, 6.07) is 0.435. The van der Waals surface area contributed by atoms with Gasteiger partial charge in [0.2, 0.25) is 0 Å². The molecule has 1 fully saturated rings. The first-order chi connectivity index (χ1) is 16.9. The summed E-state index contributed by atoms with van der Waals surface area (Å²) in [5.41, 5.74) is 10.3. The van der Waals surface area contributed by atoms with Crippen molar-refractivity contribution in [1.82, 2.24) is 0 Å². The molecule has 36 heavy (non-hydrogen) atoms. The number of hydrogen-bond donors (Lipinski definition) is 1. The van der Waals surface area contributed by atoms with Gasteiger partial charge in [0.1, 0.15) is 0 Å². The van der Waals surface area contributed by atoms with Gasteiger partial charge in [-0.1, -0.05) is 147 Å². The predicted molar refractivity (Wildman–Crippen MR) is 176 cm³/mol. The average Bonchev–Trinajstić information content (AvgIpc) is 3.64. The number of allylic oxidation sites excluding steroid dienone is 5. The van der Waals surface area contributed by atoms with E-state index in [1.54, 1.807) is 6.08 Å². The first-order valence-electron chi connectivity index (χ1n) is 15.0. The van der Waals surface area contributed by atoms with Gasteiger partial charge in [-0.2, -0.15) is 0 Å². The van der Waals surface area contributed by atoms with Crippen LogP contribution in [0.3, 0.4) is 0 Å². The van der Waals surface area contributed by atoms with Crippen LogP contribution >= 0.6 is 0 Å². The van der Waals surface area contributed by atoms with Gasteiger partial charge in [-0.15, -0.1) is 12.3 Å². The Kier molecular flexibility index (Phi) is 58.1. The maximum Gasteiger partial charge on any atom is 0.00335 e. The van der Waals surface area contributed by atoms with Crippen LogP contribution in [0.15, 0.2) is 54.8 Å². The standard InChI is InChI=1S/C12H18.C5H13N.C5H12.C5H10.C4H8.2C2H6/c1-4-6-8-10-12(3)11-9-7-5-2;1-3-5(6)4-2;1-5(2,3)4;1-3-5-4-2;1-4-2-3-4;2*1-2/h4,6,10-11H,1,5,7,9H2,2-3H3;5H,3-4,6H2,1-2H3;1-4H3;3H,1,4-5H2,2H3;4H,2-3H2,1H3;2*1-2H3/b12-11-;;;;;;. The van der Waals surface area contributed by atoms with E-state index in [-0.39, 0.29) is 0 Å².